The normalized spacial score (nSPS) is 11.9. The van der Waals surface area contributed by atoms with Crippen molar-refractivity contribution in [3.05, 3.63) is 95.1 Å². The average molecular weight is 453 g/mol. The van der Waals surface area contributed by atoms with Crippen LogP contribution in [0.25, 0.3) is 22.2 Å². The summed E-state index contributed by atoms with van der Waals surface area (Å²) in [4.78, 5) is 18.3. The first kappa shape index (κ1) is 23.5. The molecule has 0 saturated carbocycles. The summed E-state index contributed by atoms with van der Waals surface area (Å²) >= 11 is 0. The third kappa shape index (κ3) is 5.28. The van der Waals surface area contributed by atoms with Crippen LogP contribution < -0.4 is 10.1 Å². The number of benzene rings is 3. The number of aromatic nitrogens is 1. The highest BCUT2D eigenvalue weighted by atomic mass is 16.5. The Morgan fingerprint density at radius 2 is 1.74 bits per heavy atom. The fourth-order valence-electron chi connectivity index (χ4n) is 3.96. The number of carbonyl (C=O) groups excluding carboxylic acids is 1. The van der Waals surface area contributed by atoms with Gasteiger partial charge in [0.05, 0.1) is 29.4 Å². The summed E-state index contributed by atoms with van der Waals surface area (Å²) in [6, 6.07) is 23.8. The highest BCUT2D eigenvalue weighted by Gasteiger charge is 2.17. The molecule has 1 atom stereocenters. The lowest BCUT2D eigenvalue weighted by molar-refractivity contribution is 0.0941. The maximum atomic E-state index is 13.4. The van der Waals surface area contributed by atoms with Gasteiger partial charge >= 0.3 is 0 Å². The molecule has 4 aromatic rings. The lowest BCUT2D eigenvalue weighted by Crippen LogP contribution is -2.27. The summed E-state index contributed by atoms with van der Waals surface area (Å²) in [5.74, 6) is 0.739. The molecule has 0 fully saturated rings. The first-order valence-corrected chi connectivity index (χ1v) is 12.0. The fourth-order valence-corrected chi connectivity index (χ4v) is 3.96. The van der Waals surface area contributed by atoms with Gasteiger partial charge in [-0.15, -0.1) is 0 Å². The molecule has 0 aliphatic carbocycles. The SMILES string of the molecule is CCCCOc1ccc(-c2cc(C(=O)NC(C)c3ccc(C)c(C)c3)c3ccccc3n2)cc1. The predicted molar refractivity (Wildman–Crippen MR) is 139 cm³/mol. The van der Waals surface area contributed by atoms with Crippen LogP contribution >= 0.6 is 0 Å². The van der Waals surface area contributed by atoms with Crippen LogP contribution in [0.5, 0.6) is 5.75 Å². The second-order valence-corrected chi connectivity index (χ2v) is 8.84. The number of pyridine rings is 1. The summed E-state index contributed by atoms with van der Waals surface area (Å²) in [6.07, 6.45) is 2.14. The van der Waals surface area contributed by atoms with E-state index >= 15 is 0 Å². The van der Waals surface area contributed by atoms with Gasteiger partial charge in [-0.1, -0.05) is 49.7 Å². The molecule has 4 rings (SSSR count). The number of ether oxygens (including phenoxy) is 1. The Hall–Kier alpha value is -3.66. The number of unbranched alkanes of at least 4 members (excludes halogenated alkanes) is 1. The number of fused-ring (bicyclic) bond motifs is 1. The molecule has 1 heterocycles. The Morgan fingerprint density at radius 3 is 2.47 bits per heavy atom. The minimum Gasteiger partial charge on any atom is -0.494 e. The molecule has 1 amide bonds. The Labute approximate surface area is 202 Å². The van der Waals surface area contributed by atoms with E-state index in [9.17, 15) is 4.79 Å². The van der Waals surface area contributed by atoms with Crippen LogP contribution in [-0.2, 0) is 0 Å². The van der Waals surface area contributed by atoms with E-state index in [-0.39, 0.29) is 11.9 Å². The number of hydrogen-bond acceptors (Lipinski definition) is 3. The zero-order chi connectivity index (χ0) is 24.1. The highest BCUT2D eigenvalue weighted by Crippen LogP contribution is 2.27. The summed E-state index contributed by atoms with van der Waals surface area (Å²) in [6.45, 7) is 9.07. The molecule has 1 unspecified atom stereocenters. The number of para-hydroxylation sites is 1. The van der Waals surface area contributed by atoms with Gasteiger partial charge < -0.3 is 10.1 Å². The molecule has 4 heteroatoms. The molecule has 174 valence electrons. The van der Waals surface area contributed by atoms with Gasteiger partial charge in [0, 0.05) is 10.9 Å². The molecule has 34 heavy (non-hydrogen) atoms. The lowest BCUT2D eigenvalue weighted by atomic mass is 10.0. The molecule has 0 aliphatic rings. The number of nitrogens with zero attached hydrogens (tertiary/aromatic N) is 1. The monoisotopic (exact) mass is 452 g/mol. The van der Waals surface area contributed by atoms with Crippen molar-refractivity contribution >= 4 is 16.8 Å². The smallest absolute Gasteiger partial charge is 0.252 e. The first-order chi connectivity index (χ1) is 16.5. The van der Waals surface area contributed by atoms with Gasteiger partial charge in [0.15, 0.2) is 0 Å². The van der Waals surface area contributed by atoms with E-state index in [2.05, 4.69) is 44.3 Å². The second kappa shape index (κ2) is 10.5. The largest absolute Gasteiger partial charge is 0.494 e. The second-order valence-electron chi connectivity index (χ2n) is 8.84. The van der Waals surface area contributed by atoms with Crippen molar-refractivity contribution in [3.63, 3.8) is 0 Å². The van der Waals surface area contributed by atoms with Crippen molar-refractivity contribution in [1.29, 1.82) is 0 Å². The summed E-state index contributed by atoms with van der Waals surface area (Å²) in [7, 11) is 0. The maximum Gasteiger partial charge on any atom is 0.252 e. The quantitative estimate of drug-likeness (QED) is 0.288. The van der Waals surface area contributed by atoms with E-state index in [4.69, 9.17) is 9.72 Å². The number of rotatable bonds is 8. The van der Waals surface area contributed by atoms with Crippen LogP contribution in [0.15, 0.2) is 72.8 Å². The van der Waals surface area contributed by atoms with Gasteiger partial charge in [-0.2, -0.15) is 0 Å². The summed E-state index contributed by atoms with van der Waals surface area (Å²) in [5.41, 5.74) is 6.69. The molecule has 4 nitrogen and oxygen atoms in total. The minimum atomic E-state index is -0.110. The average Bonchev–Trinajstić information content (AvgIpc) is 2.85. The number of aryl methyl sites for hydroxylation is 2. The molecule has 1 N–H and O–H groups in total. The van der Waals surface area contributed by atoms with E-state index < -0.39 is 0 Å². The van der Waals surface area contributed by atoms with Crippen molar-refractivity contribution in [1.82, 2.24) is 10.3 Å². The van der Waals surface area contributed by atoms with Crippen LogP contribution in [0.1, 0.15) is 59.8 Å². The fraction of sp³-hybridized carbons (Fsp3) is 0.267. The molecule has 1 aromatic heterocycles. The van der Waals surface area contributed by atoms with Gasteiger partial charge in [-0.05, 0) is 80.3 Å². The third-order valence-corrected chi connectivity index (χ3v) is 6.26. The zero-order valence-electron chi connectivity index (χ0n) is 20.4. The topological polar surface area (TPSA) is 51.2 Å². The Balaban J connectivity index is 1.63. The molecule has 3 aromatic carbocycles. The minimum absolute atomic E-state index is 0.106. The van der Waals surface area contributed by atoms with E-state index in [1.54, 1.807) is 0 Å². The number of carbonyl (C=O) groups is 1. The molecule has 0 spiro atoms. The molecule has 0 saturated heterocycles. The number of amides is 1. The van der Waals surface area contributed by atoms with Crippen molar-refractivity contribution in [2.75, 3.05) is 6.61 Å². The maximum absolute atomic E-state index is 13.4. The van der Waals surface area contributed by atoms with Crippen LogP contribution in [0.4, 0.5) is 0 Å². The predicted octanol–water partition coefficient (Wildman–Crippen LogP) is 7.19. The highest BCUT2D eigenvalue weighted by molar-refractivity contribution is 6.07. The molecule has 0 radical (unpaired) electrons. The standard InChI is InChI=1S/C30H32N2O2/c1-5-6-17-34-25-15-13-23(14-16-25)29-19-27(26-9-7-8-10-28(26)32-29)30(33)31-22(4)24-12-11-20(2)21(3)18-24/h7-16,18-19,22H,5-6,17H2,1-4H3,(H,31,33). The van der Waals surface area contributed by atoms with Crippen molar-refractivity contribution in [3.8, 4) is 17.0 Å². The summed E-state index contributed by atoms with van der Waals surface area (Å²) in [5, 5.41) is 4.02. The number of hydrogen-bond donors (Lipinski definition) is 1. The van der Waals surface area contributed by atoms with Gasteiger partial charge in [-0.3, -0.25) is 4.79 Å². The lowest BCUT2D eigenvalue weighted by Gasteiger charge is -2.17. The van der Waals surface area contributed by atoms with E-state index in [1.165, 1.54) is 11.1 Å². The van der Waals surface area contributed by atoms with Crippen molar-refractivity contribution < 1.29 is 9.53 Å². The van der Waals surface area contributed by atoms with Crippen LogP contribution in [0, 0.1) is 13.8 Å². The summed E-state index contributed by atoms with van der Waals surface area (Å²) < 4.78 is 5.79. The van der Waals surface area contributed by atoms with E-state index in [0.717, 1.165) is 46.3 Å². The third-order valence-electron chi connectivity index (χ3n) is 6.26. The van der Waals surface area contributed by atoms with Crippen LogP contribution in [0.2, 0.25) is 0 Å². The molecule has 0 aliphatic heterocycles. The van der Waals surface area contributed by atoms with Crippen molar-refractivity contribution in [2.45, 2.75) is 46.6 Å². The van der Waals surface area contributed by atoms with Crippen molar-refractivity contribution in [2.24, 2.45) is 0 Å². The van der Waals surface area contributed by atoms with Gasteiger partial charge in [0.2, 0.25) is 0 Å². The van der Waals surface area contributed by atoms with Gasteiger partial charge in [0.1, 0.15) is 5.75 Å². The Morgan fingerprint density at radius 1 is 0.971 bits per heavy atom. The number of nitrogens with one attached hydrogen (secondary N) is 1. The Bertz CT molecular complexity index is 1300. The van der Waals surface area contributed by atoms with Gasteiger partial charge in [0.25, 0.3) is 5.91 Å². The van der Waals surface area contributed by atoms with Crippen LogP contribution in [-0.4, -0.2) is 17.5 Å². The molecular weight excluding hydrogens is 420 g/mol. The van der Waals surface area contributed by atoms with E-state index in [1.807, 2.05) is 61.5 Å². The van der Waals surface area contributed by atoms with E-state index in [0.29, 0.717) is 12.2 Å². The Kier molecular flexibility index (Phi) is 7.27. The zero-order valence-corrected chi connectivity index (χ0v) is 20.4. The first-order valence-electron chi connectivity index (χ1n) is 12.0. The molecule has 0 bridgehead atoms. The van der Waals surface area contributed by atoms with Crippen LogP contribution in [0.3, 0.4) is 0 Å². The van der Waals surface area contributed by atoms with Gasteiger partial charge in [-0.25, -0.2) is 4.98 Å². The molecular formula is C30H32N2O2.